The second kappa shape index (κ2) is 7.63. The molecule has 14 heavy (non-hydrogen) atoms. The second-order valence-corrected chi connectivity index (χ2v) is 3.93. The molecule has 0 saturated heterocycles. The van der Waals surface area contributed by atoms with E-state index in [0.717, 1.165) is 25.0 Å². The molecule has 2 nitrogen and oxygen atoms in total. The summed E-state index contributed by atoms with van der Waals surface area (Å²) in [4.78, 5) is 0. The summed E-state index contributed by atoms with van der Waals surface area (Å²) in [6.45, 7) is 11.3. The summed E-state index contributed by atoms with van der Waals surface area (Å²) in [5.41, 5.74) is 7.15. The van der Waals surface area contributed by atoms with Crippen LogP contribution in [0.5, 0.6) is 0 Å². The first kappa shape index (κ1) is 13.2. The number of hydrogen-bond acceptors (Lipinski definition) is 2. The van der Waals surface area contributed by atoms with Gasteiger partial charge >= 0.3 is 0 Å². The van der Waals surface area contributed by atoms with Crippen LogP contribution in [0.3, 0.4) is 0 Å². The zero-order valence-corrected chi connectivity index (χ0v) is 9.72. The largest absolute Gasteiger partial charge is 0.391 e. The van der Waals surface area contributed by atoms with Gasteiger partial charge in [-0.15, -0.1) is 0 Å². The Kier molecular flexibility index (Phi) is 7.21. The second-order valence-electron chi connectivity index (χ2n) is 3.93. The van der Waals surface area contributed by atoms with Crippen molar-refractivity contribution in [3.63, 3.8) is 0 Å². The molecule has 0 heterocycles. The molecule has 1 unspecified atom stereocenters. The highest BCUT2D eigenvalue weighted by atomic mass is 14.8. The van der Waals surface area contributed by atoms with Crippen LogP contribution in [0.4, 0.5) is 0 Å². The van der Waals surface area contributed by atoms with Crippen molar-refractivity contribution in [2.75, 3.05) is 6.54 Å². The maximum absolute atomic E-state index is 5.99. The fraction of sp³-hybridized carbons (Fsp3) is 0.667. The predicted octanol–water partition coefficient (Wildman–Crippen LogP) is 2.43. The Morgan fingerprint density at radius 1 is 1.50 bits per heavy atom. The van der Waals surface area contributed by atoms with Gasteiger partial charge in [0.15, 0.2) is 0 Å². The third-order valence-corrected chi connectivity index (χ3v) is 2.34. The van der Waals surface area contributed by atoms with Gasteiger partial charge in [0.2, 0.25) is 0 Å². The first-order chi connectivity index (χ1) is 6.59. The molecule has 0 aliphatic heterocycles. The molecule has 0 saturated carbocycles. The fourth-order valence-corrected chi connectivity index (χ4v) is 1.24. The van der Waals surface area contributed by atoms with Crippen LogP contribution in [-0.4, -0.2) is 12.6 Å². The molecular weight excluding hydrogens is 172 g/mol. The van der Waals surface area contributed by atoms with Crippen LogP contribution in [0.2, 0.25) is 0 Å². The normalized spacial score (nSPS) is 13.5. The minimum absolute atomic E-state index is 0.155. The van der Waals surface area contributed by atoms with Crippen LogP contribution in [0.15, 0.2) is 24.4 Å². The highest BCUT2D eigenvalue weighted by Crippen LogP contribution is 2.13. The first-order valence-corrected chi connectivity index (χ1v) is 5.38. The van der Waals surface area contributed by atoms with Crippen molar-refractivity contribution in [2.45, 2.75) is 39.7 Å². The minimum Gasteiger partial charge on any atom is -0.391 e. The summed E-state index contributed by atoms with van der Waals surface area (Å²) in [5, 5.41) is 3.19. The van der Waals surface area contributed by atoms with Crippen LogP contribution < -0.4 is 11.1 Å². The van der Waals surface area contributed by atoms with E-state index in [2.05, 4.69) is 25.7 Å². The summed E-state index contributed by atoms with van der Waals surface area (Å²) >= 11 is 0. The molecule has 0 bridgehead atoms. The molecule has 0 aliphatic rings. The van der Waals surface area contributed by atoms with E-state index in [9.17, 15) is 0 Å². The van der Waals surface area contributed by atoms with Gasteiger partial charge < -0.3 is 11.1 Å². The highest BCUT2D eigenvalue weighted by Gasteiger charge is 2.09. The lowest BCUT2D eigenvalue weighted by atomic mass is 9.95. The SMILES string of the molecule is C=C(C(C)C)C(N)CCCN/C=C\C. The molecule has 1 atom stereocenters. The van der Waals surface area contributed by atoms with Crippen LogP contribution in [-0.2, 0) is 0 Å². The molecule has 0 aromatic rings. The van der Waals surface area contributed by atoms with Crippen molar-refractivity contribution in [1.82, 2.24) is 5.32 Å². The molecule has 0 fully saturated rings. The molecule has 2 heteroatoms. The predicted molar refractivity (Wildman–Crippen MR) is 64.0 cm³/mol. The Morgan fingerprint density at radius 2 is 2.14 bits per heavy atom. The van der Waals surface area contributed by atoms with Crippen LogP contribution in [0.1, 0.15) is 33.6 Å². The van der Waals surface area contributed by atoms with E-state index >= 15 is 0 Å². The summed E-state index contributed by atoms with van der Waals surface area (Å²) in [7, 11) is 0. The zero-order valence-electron chi connectivity index (χ0n) is 9.72. The van der Waals surface area contributed by atoms with Crippen molar-refractivity contribution in [3.8, 4) is 0 Å². The van der Waals surface area contributed by atoms with E-state index in [1.165, 1.54) is 0 Å². The Labute approximate surface area is 88.3 Å². The van der Waals surface area contributed by atoms with Crippen molar-refractivity contribution in [1.29, 1.82) is 0 Å². The topological polar surface area (TPSA) is 38.0 Å². The number of hydrogen-bond donors (Lipinski definition) is 2. The van der Waals surface area contributed by atoms with Gasteiger partial charge in [-0.3, -0.25) is 0 Å². The highest BCUT2D eigenvalue weighted by molar-refractivity contribution is 5.06. The third-order valence-electron chi connectivity index (χ3n) is 2.34. The average Bonchev–Trinajstić information content (AvgIpc) is 2.16. The van der Waals surface area contributed by atoms with Gasteiger partial charge in [0, 0.05) is 12.6 Å². The maximum Gasteiger partial charge on any atom is 0.0254 e. The smallest absolute Gasteiger partial charge is 0.0254 e. The van der Waals surface area contributed by atoms with Crippen molar-refractivity contribution < 1.29 is 0 Å². The minimum atomic E-state index is 0.155. The summed E-state index contributed by atoms with van der Waals surface area (Å²) in [6.07, 6.45) is 6.06. The quantitative estimate of drug-likeness (QED) is 0.485. The Hall–Kier alpha value is -0.760. The van der Waals surface area contributed by atoms with Crippen LogP contribution in [0, 0.1) is 5.92 Å². The van der Waals surface area contributed by atoms with Gasteiger partial charge in [0.25, 0.3) is 0 Å². The van der Waals surface area contributed by atoms with Gasteiger partial charge in [0.1, 0.15) is 0 Å². The van der Waals surface area contributed by atoms with E-state index < -0.39 is 0 Å². The van der Waals surface area contributed by atoms with E-state index in [4.69, 9.17) is 5.73 Å². The van der Waals surface area contributed by atoms with Gasteiger partial charge in [0.05, 0.1) is 0 Å². The zero-order chi connectivity index (χ0) is 11.0. The lowest BCUT2D eigenvalue weighted by Gasteiger charge is -2.17. The van der Waals surface area contributed by atoms with Gasteiger partial charge in [-0.25, -0.2) is 0 Å². The molecule has 0 aromatic heterocycles. The third kappa shape index (κ3) is 5.81. The first-order valence-electron chi connectivity index (χ1n) is 5.38. The molecular formula is C12H24N2. The van der Waals surface area contributed by atoms with Gasteiger partial charge in [-0.1, -0.05) is 32.1 Å². The van der Waals surface area contributed by atoms with E-state index in [-0.39, 0.29) is 6.04 Å². The standard InChI is InChI=1S/C12H24N2/c1-5-8-14-9-6-7-12(13)11(4)10(2)3/h5,8,10,12,14H,4,6-7,9,13H2,1-3H3/b8-5-. The summed E-state index contributed by atoms with van der Waals surface area (Å²) in [6, 6.07) is 0.155. The Bertz CT molecular complexity index is 183. The molecule has 82 valence electrons. The molecule has 0 aromatic carbocycles. The van der Waals surface area contributed by atoms with E-state index in [1.54, 1.807) is 0 Å². The maximum atomic E-state index is 5.99. The summed E-state index contributed by atoms with van der Waals surface area (Å²) in [5.74, 6) is 0.494. The Balaban J connectivity index is 3.53. The molecule has 0 spiro atoms. The van der Waals surface area contributed by atoms with Gasteiger partial charge in [-0.05, 0) is 31.9 Å². The van der Waals surface area contributed by atoms with Crippen molar-refractivity contribution >= 4 is 0 Å². The van der Waals surface area contributed by atoms with Crippen molar-refractivity contribution in [3.05, 3.63) is 24.4 Å². The molecule has 0 amide bonds. The lowest BCUT2D eigenvalue weighted by molar-refractivity contribution is 0.577. The van der Waals surface area contributed by atoms with Crippen molar-refractivity contribution in [2.24, 2.45) is 11.7 Å². The number of rotatable bonds is 7. The van der Waals surface area contributed by atoms with Gasteiger partial charge in [-0.2, -0.15) is 0 Å². The Morgan fingerprint density at radius 3 is 2.64 bits per heavy atom. The fourth-order valence-electron chi connectivity index (χ4n) is 1.24. The summed E-state index contributed by atoms with van der Waals surface area (Å²) < 4.78 is 0. The number of allylic oxidation sites excluding steroid dienone is 1. The van der Waals surface area contributed by atoms with E-state index in [0.29, 0.717) is 5.92 Å². The average molecular weight is 196 g/mol. The number of nitrogens with two attached hydrogens (primary N) is 1. The molecule has 0 aliphatic carbocycles. The van der Waals surface area contributed by atoms with Crippen LogP contribution in [0.25, 0.3) is 0 Å². The van der Waals surface area contributed by atoms with E-state index in [1.807, 2.05) is 19.2 Å². The monoisotopic (exact) mass is 196 g/mol. The molecule has 0 radical (unpaired) electrons. The number of nitrogens with one attached hydrogen (secondary N) is 1. The molecule has 3 N–H and O–H groups in total. The molecule has 0 rings (SSSR count). The van der Waals surface area contributed by atoms with Crippen LogP contribution >= 0.6 is 0 Å². The lowest BCUT2D eigenvalue weighted by Crippen LogP contribution is -2.25.